The molecule has 0 spiro atoms. The van der Waals surface area contributed by atoms with Gasteiger partial charge in [-0.25, -0.2) is 0 Å². The number of nitrogens with one attached hydrogen (secondary N) is 2. The van der Waals surface area contributed by atoms with E-state index in [-0.39, 0.29) is 24.5 Å². The number of rotatable bonds is 7. The summed E-state index contributed by atoms with van der Waals surface area (Å²) in [6.07, 6.45) is 4.65. The summed E-state index contributed by atoms with van der Waals surface area (Å²) in [5, 5.41) is 5.34. The van der Waals surface area contributed by atoms with Crippen LogP contribution in [0.2, 0.25) is 0 Å². The Hall–Kier alpha value is -3.02. The van der Waals surface area contributed by atoms with Gasteiger partial charge in [0.2, 0.25) is 5.91 Å². The molecule has 1 aliphatic carbocycles. The second-order valence-corrected chi connectivity index (χ2v) is 6.49. The highest BCUT2D eigenvalue weighted by Crippen LogP contribution is 2.32. The molecule has 2 aromatic rings. The summed E-state index contributed by atoms with van der Waals surface area (Å²) in [5.41, 5.74) is 1.10. The summed E-state index contributed by atoms with van der Waals surface area (Å²) in [5.74, 6) is 0.526. The first-order chi connectivity index (χ1) is 13.2. The Morgan fingerprint density at radius 1 is 1.04 bits per heavy atom. The van der Waals surface area contributed by atoms with Gasteiger partial charge in [0.05, 0.1) is 19.8 Å². The maximum absolute atomic E-state index is 12.3. The van der Waals surface area contributed by atoms with E-state index in [4.69, 9.17) is 9.47 Å². The van der Waals surface area contributed by atoms with E-state index in [2.05, 4.69) is 10.6 Å². The van der Waals surface area contributed by atoms with Gasteiger partial charge in [-0.3, -0.25) is 9.59 Å². The van der Waals surface area contributed by atoms with Crippen LogP contribution < -0.4 is 20.1 Å². The Balaban J connectivity index is 1.56. The van der Waals surface area contributed by atoms with Crippen molar-refractivity contribution in [2.75, 3.05) is 19.0 Å². The molecule has 3 rings (SSSR count). The number of amides is 2. The van der Waals surface area contributed by atoms with Gasteiger partial charge in [-0.15, -0.1) is 0 Å². The number of ether oxygens (including phenoxy) is 2. The Morgan fingerprint density at radius 2 is 1.78 bits per heavy atom. The summed E-state index contributed by atoms with van der Waals surface area (Å²) < 4.78 is 11.3. The van der Waals surface area contributed by atoms with E-state index >= 15 is 0 Å². The third-order valence-corrected chi connectivity index (χ3v) is 4.49. The minimum atomic E-state index is -0.344. The molecule has 6 nitrogen and oxygen atoms in total. The first kappa shape index (κ1) is 18.8. The molecule has 1 saturated carbocycles. The Labute approximate surface area is 158 Å². The predicted molar refractivity (Wildman–Crippen MR) is 103 cm³/mol. The number of benzene rings is 2. The quantitative estimate of drug-likeness (QED) is 0.785. The highest BCUT2D eigenvalue weighted by molar-refractivity contribution is 5.99. The van der Waals surface area contributed by atoms with Crippen molar-refractivity contribution >= 4 is 17.5 Å². The lowest BCUT2D eigenvalue weighted by Gasteiger charge is -2.16. The van der Waals surface area contributed by atoms with Crippen molar-refractivity contribution in [1.82, 2.24) is 5.32 Å². The molecule has 0 unspecified atom stereocenters. The van der Waals surface area contributed by atoms with E-state index in [0.717, 1.165) is 12.8 Å². The Kier molecular flexibility index (Phi) is 6.30. The van der Waals surface area contributed by atoms with Gasteiger partial charge in [0, 0.05) is 11.3 Å². The van der Waals surface area contributed by atoms with Crippen molar-refractivity contribution in [3.63, 3.8) is 0 Å². The van der Waals surface area contributed by atoms with Gasteiger partial charge in [0.25, 0.3) is 5.91 Å². The van der Waals surface area contributed by atoms with E-state index in [1.54, 1.807) is 37.4 Å². The van der Waals surface area contributed by atoms with Gasteiger partial charge < -0.3 is 20.1 Å². The molecule has 6 heteroatoms. The maximum atomic E-state index is 12.3. The van der Waals surface area contributed by atoms with E-state index < -0.39 is 0 Å². The number of para-hydroxylation sites is 1. The molecule has 2 N–H and O–H groups in total. The van der Waals surface area contributed by atoms with Crippen LogP contribution in [0.3, 0.4) is 0 Å². The molecule has 2 aromatic carbocycles. The SMILES string of the molecule is COc1cc(C(=O)NCC(=O)Nc2ccccc2)ccc1OC1CCCC1. The zero-order valence-corrected chi connectivity index (χ0v) is 15.4. The van der Waals surface area contributed by atoms with Crippen LogP contribution in [0.15, 0.2) is 48.5 Å². The van der Waals surface area contributed by atoms with Crippen molar-refractivity contribution in [2.45, 2.75) is 31.8 Å². The van der Waals surface area contributed by atoms with Crippen molar-refractivity contribution in [3.05, 3.63) is 54.1 Å². The molecule has 0 atom stereocenters. The van der Waals surface area contributed by atoms with Crippen LogP contribution >= 0.6 is 0 Å². The van der Waals surface area contributed by atoms with Crippen LogP contribution in [0.25, 0.3) is 0 Å². The first-order valence-corrected chi connectivity index (χ1v) is 9.13. The number of methoxy groups -OCH3 is 1. The third-order valence-electron chi connectivity index (χ3n) is 4.49. The van der Waals surface area contributed by atoms with Gasteiger partial charge in [-0.2, -0.15) is 0 Å². The van der Waals surface area contributed by atoms with Gasteiger partial charge in [0.15, 0.2) is 11.5 Å². The van der Waals surface area contributed by atoms with Crippen LogP contribution in [0.4, 0.5) is 5.69 Å². The summed E-state index contributed by atoms with van der Waals surface area (Å²) >= 11 is 0. The molecule has 1 aliphatic rings. The van der Waals surface area contributed by atoms with Crippen LogP contribution in [-0.2, 0) is 4.79 Å². The monoisotopic (exact) mass is 368 g/mol. The van der Waals surface area contributed by atoms with Crippen molar-refractivity contribution in [2.24, 2.45) is 0 Å². The van der Waals surface area contributed by atoms with Crippen molar-refractivity contribution < 1.29 is 19.1 Å². The average Bonchev–Trinajstić information content (AvgIpc) is 3.20. The van der Waals surface area contributed by atoms with Crippen molar-refractivity contribution in [1.29, 1.82) is 0 Å². The summed E-state index contributed by atoms with van der Waals surface area (Å²) in [6.45, 7) is -0.115. The van der Waals surface area contributed by atoms with Gasteiger partial charge >= 0.3 is 0 Å². The molecule has 27 heavy (non-hydrogen) atoms. The molecule has 0 aliphatic heterocycles. The molecule has 1 fully saturated rings. The Morgan fingerprint density at radius 3 is 2.48 bits per heavy atom. The molecule has 0 aromatic heterocycles. The minimum Gasteiger partial charge on any atom is -0.493 e. The molecule has 0 radical (unpaired) electrons. The lowest BCUT2D eigenvalue weighted by molar-refractivity contribution is -0.115. The largest absolute Gasteiger partial charge is 0.493 e. The minimum absolute atomic E-state index is 0.115. The fraction of sp³-hybridized carbons (Fsp3) is 0.333. The van der Waals surface area contributed by atoms with E-state index in [1.165, 1.54) is 12.8 Å². The molecular weight excluding hydrogens is 344 g/mol. The number of carbonyl (C=O) groups excluding carboxylic acids is 2. The number of carbonyl (C=O) groups is 2. The summed E-state index contributed by atoms with van der Waals surface area (Å²) in [7, 11) is 1.55. The maximum Gasteiger partial charge on any atom is 0.251 e. The topological polar surface area (TPSA) is 76.7 Å². The van der Waals surface area contributed by atoms with Crippen LogP contribution in [0.1, 0.15) is 36.0 Å². The van der Waals surface area contributed by atoms with Gasteiger partial charge in [-0.05, 0) is 56.0 Å². The van der Waals surface area contributed by atoms with Gasteiger partial charge in [-0.1, -0.05) is 18.2 Å². The second kappa shape index (κ2) is 9.07. The lowest BCUT2D eigenvalue weighted by atomic mass is 10.2. The van der Waals surface area contributed by atoms with E-state index in [1.807, 2.05) is 18.2 Å². The van der Waals surface area contributed by atoms with Crippen LogP contribution in [-0.4, -0.2) is 31.6 Å². The molecule has 2 amide bonds. The first-order valence-electron chi connectivity index (χ1n) is 9.13. The number of hydrogen-bond donors (Lipinski definition) is 2. The van der Waals surface area contributed by atoms with E-state index in [9.17, 15) is 9.59 Å². The van der Waals surface area contributed by atoms with Crippen LogP contribution in [0.5, 0.6) is 11.5 Å². The smallest absolute Gasteiger partial charge is 0.251 e. The molecule has 0 bridgehead atoms. The normalized spacial score (nSPS) is 13.8. The highest BCUT2D eigenvalue weighted by Gasteiger charge is 2.19. The highest BCUT2D eigenvalue weighted by atomic mass is 16.5. The standard InChI is InChI=1S/C21H24N2O4/c1-26-19-13-15(11-12-18(19)27-17-9-5-6-10-17)21(25)22-14-20(24)23-16-7-3-2-4-8-16/h2-4,7-8,11-13,17H,5-6,9-10,14H2,1H3,(H,22,25)(H,23,24). The second-order valence-electron chi connectivity index (χ2n) is 6.49. The summed E-state index contributed by atoms with van der Waals surface area (Å²) in [4.78, 5) is 24.3. The third kappa shape index (κ3) is 5.23. The van der Waals surface area contributed by atoms with Gasteiger partial charge in [0.1, 0.15) is 0 Å². The number of anilines is 1. The average molecular weight is 368 g/mol. The van der Waals surface area contributed by atoms with E-state index in [0.29, 0.717) is 22.7 Å². The fourth-order valence-electron chi connectivity index (χ4n) is 3.08. The number of hydrogen-bond acceptors (Lipinski definition) is 4. The van der Waals surface area contributed by atoms with Crippen molar-refractivity contribution in [3.8, 4) is 11.5 Å². The lowest BCUT2D eigenvalue weighted by Crippen LogP contribution is -2.32. The van der Waals surface area contributed by atoms with Crippen LogP contribution in [0, 0.1) is 0 Å². The zero-order chi connectivity index (χ0) is 19.1. The molecule has 142 valence electrons. The molecular formula is C21H24N2O4. The summed E-state index contributed by atoms with van der Waals surface area (Å²) in [6, 6.07) is 14.2. The predicted octanol–water partition coefficient (Wildman–Crippen LogP) is 3.39. The molecule has 0 heterocycles. The zero-order valence-electron chi connectivity index (χ0n) is 15.4. The Bertz CT molecular complexity index is 786. The fourth-order valence-corrected chi connectivity index (χ4v) is 3.08. The molecule has 0 saturated heterocycles.